The molecule has 5 nitrogen and oxygen atoms in total. The number of carbonyl (C=O) groups is 2. The molecular weight excluding hydrogens is 346 g/mol. The fraction of sp³-hybridized carbons (Fsp3) is 0.529. The third-order valence-corrected chi connectivity index (χ3v) is 4.69. The van der Waals surface area contributed by atoms with Gasteiger partial charge in [0.05, 0.1) is 11.3 Å². The molecule has 2 amide bonds. The van der Waals surface area contributed by atoms with E-state index < -0.39 is 0 Å². The lowest BCUT2D eigenvalue weighted by Gasteiger charge is -2.24. The second kappa shape index (κ2) is 10.6. The lowest BCUT2D eigenvalue weighted by Crippen LogP contribution is -2.42. The number of carbonyl (C=O) groups excluding carboxylic acids is 2. The molecule has 1 aromatic rings. The van der Waals surface area contributed by atoms with Gasteiger partial charge in [-0.3, -0.25) is 9.59 Å². The third-order valence-electron chi connectivity index (χ3n) is 3.61. The average molecular weight is 372 g/mol. The topological polar surface area (TPSA) is 70.2 Å². The minimum atomic E-state index is -0.0516. The fourth-order valence-electron chi connectivity index (χ4n) is 2.52. The van der Waals surface area contributed by atoms with Gasteiger partial charge in [-0.25, -0.2) is 0 Å². The minimum absolute atomic E-state index is 0. The van der Waals surface area contributed by atoms with Gasteiger partial charge in [-0.05, 0) is 51.9 Å². The molecule has 24 heavy (non-hydrogen) atoms. The predicted molar refractivity (Wildman–Crippen MR) is 101 cm³/mol. The van der Waals surface area contributed by atoms with Gasteiger partial charge in [0.1, 0.15) is 0 Å². The van der Waals surface area contributed by atoms with Gasteiger partial charge in [-0.2, -0.15) is 0 Å². The Bertz CT molecular complexity index is 548. The Morgan fingerprint density at radius 2 is 1.92 bits per heavy atom. The normalized spacial score (nSPS) is 14.8. The van der Waals surface area contributed by atoms with Gasteiger partial charge in [0.2, 0.25) is 5.91 Å². The summed E-state index contributed by atoms with van der Waals surface area (Å²) in [5.41, 5.74) is 0.647. The summed E-state index contributed by atoms with van der Waals surface area (Å²) in [6.45, 7) is 5.75. The van der Waals surface area contributed by atoms with Crippen LogP contribution in [-0.4, -0.2) is 42.7 Å². The van der Waals surface area contributed by atoms with Crippen LogP contribution in [-0.2, 0) is 4.79 Å². The van der Waals surface area contributed by atoms with Crippen LogP contribution in [0.2, 0.25) is 0 Å². The lowest BCUT2D eigenvalue weighted by molar-refractivity contribution is -0.119. The molecular formula is C17H26ClN3O2S. The number of piperidine rings is 1. The summed E-state index contributed by atoms with van der Waals surface area (Å²) in [6.07, 6.45) is 1.91. The molecule has 134 valence electrons. The highest BCUT2D eigenvalue weighted by Crippen LogP contribution is 2.22. The summed E-state index contributed by atoms with van der Waals surface area (Å²) in [7, 11) is 0. The zero-order valence-corrected chi connectivity index (χ0v) is 15.8. The van der Waals surface area contributed by atoms with E-state index in [0.29, 0.717) is 11.3 Å². The average Bonchev–Trinajstić information content (AvgIpc) is 2.53. The summed E-state index contributed by atoms with van der Waals surface area (Å²) < 4.78 is 0. The highest BCUT2D eigenvalue weighted by molar-refractivity contribution is 8.00. The number of rotatable bonds is 6. The Balaban J connectivity index is 0.00000288. The second-order valence-corrected chi connectivity index (χ2v) is 7.02. The highest BCUT2D eigenvalue weighted by atomic mass is 35.5. The van der Waals surface area contributed by atoms with E-state index in [1.54, 1.807) is 0 Å². The van der Waals surface area contributed by atoms with Crippen molar-refractivity contribution in [3.05, 3.63) is 29.8 Å². The smallest absolute Gasteiger partial charge is 0.252 e. The predicted octanol–water partition coefficient (Wildman–Crippen LogP) is 2.21. The van der Waals surface area contributed by atoms with Crippen LogP contribution in [0.15, 0.2) is 29.2 Å². The van der Waals surface area contributed by atoms with E-state index in [1.165, 1.54) is 11.8 Å². The molecule has 0 aromatic heterocycles. The Morgan fingerprint density at radius 1 is 1.25 bits per heavy atom. The van der Waals surface area contributed by atoms with E-state index in [1.807, 2.05) is 38.1 Å². The van der Waals surface area contributed by atoms with Gasteiger partial charge in [-0.1, -0.05) is 12.1 Å². The standard InChI is InChI=1S/C17H25N3O2S.ClH/c1-12(2)19-16(21)11-23-15-6-4-3-5-14(15)17(22)20-13-7-9-18-10-8-13;/h3-6,12-13,18H,7-11H2,1-2H3,(H,19,21)(H,20,22);1H. The van der Waals surface area contributed by atoms with E-state index in [9.17, 15) is 9.59 Å². The molecule has 0 saturated carbocycles. The van der Waals surface area contributed by atoms with Crippen LogP contribution >= 0.6 is 24.2 Å². The number of hydrogen-bond donors (Lipinski definition) is 3. The number of hydrogen-bond acceptors (Lipinski definition) is 4. The van der Waals surface area contributed by atoms with E-state index in [4.69, 9.17) is 0 Å². The minimum Gasteiger partial charge on any atom is -0.353 e. The summed E-state index contributed by atoms with van der Waals surface area (Å²) >= 11 is 1.40. The van der Waals surface area contributed by atoms with Crippen LogP contribution in [0.1, 0.15) is 37.0 Å². The molecule has 0 spiro atoms. The molecule has 3 N–H and O–H groups in total. The molecule has 1 aliphatic rings. The van der Waals surface area contributed by atoms with Crippen molar-refractivity contribution in [3.63, 3.8) is 0 Å². The third kappa shape index (κ3) is 6.71. The number of amides is 2. The van der Waals surface area contributed by atoms with Gasteiger partial charge in [0, 0.05) is 17.0 Å². The molecule has 1 heterocycles. The molecule has 1 aromatic carbocycles. The van der Waals surface area contributed by atoms with Crippen LogP contribution in [0, 0.1) is 0 Å². The largest absolute Gasteiger partial charge is 0.353 e. The Morgan fingerprint density at radius 3 is 2.58 bits per heavy atom. The molecule has 1 fully saturated rings. The van der Waals surface area contributed by atoms with Gasteiger partial charge >= 0.3 is 0 Å². The van der Waals surface area contributed by atoms with Crippen molar-refractivity contribution >= 4 is 36.0 Å². The van der Waals surface area contributed by atoms with E-state index in [2.05, 4.69) is 16.0 Å². The molecule has 0 atom stereocenters. The Kier molecular flexibility index (Phi) is 9.18. The van der Waals surface area contributed by atoms with Crippen LogP contribution < -0.4 is 16.0 Å². The van der Waals surface area contributed by atoms with Gasteiger partial charge in [0.25, 0.3) is 5.91 Å². The van der Waals surface area contributed by atoms with Crippen molar-refractivity contribution in [2.75, 3.05) is 18.8 Å². The number of benzene rings is 1. The van der Waals surface area contributed by atoms with Gasteiger partial charge in [-0.15, -0.1) is 24.2 Å². The quantitative estimate of drug-likeness (QED) is 0.670. The van der Waals surface area contributed by atoms with Crippen molar-refractivity contribution in [1.82, 2.24) is 16.0 Å². The summed E-state index contributed by atoms with van der Waals surface area (Å²) in [5, 5.41) is 9.25. The lowest BCUT2D eigenvalue weighted by atomic mass is 10.1. The SMILES string of the molecule is CC(C)NC(=O)CSc1ccccc1C(=O)NC1CCNCC1.Cl. The summed E-state index contributed by atoms with van der Waals surface area (Å²) in [5.74, 6) is 0.248. The molecule has 1 saturated heterocycles. The molecule has 0 radical (unpaired) electrons. The first kappa shape index (κ1) is 20.8. The zero-order chi connectivity index (χ0) is 16.7. The number of halogens is 1. The number of thioether (sulfide) groups is 1. The first-order valence-electron chi connectivity index (χ1n) is 8.09. The number of nitrogens with one attached hydrogen (secondary N) is 3. The first-order chi connectivity index (χ1) is 11.1. The molecule has 7 heteroatoms. The Hall–Kier alpha value is -1.24. The molecule has 1 aliphatic heterocycles. The maximum absolute atomic E-state index is 12.5. The van der Waals surface area contributed by atoms with Crippen molar-refractivity contribution in [2.45, 2.75) is 43.7 Å². The van der Waals surface area contributed by atoms with E-state index >= 15 is 0 Å². The Labute approximate surface area is 154 Å². The maximum atomic E-state index is 12.5. The van der Waals surface area contributed by atoms with Crippen LogP contribution in [0.5, 0.6) is 0 Å². The molecule has 0 unspecified atom stereocenters. The van der Waals surface area contributed by atoms with Gasteiger partial charge in [0.15, 0.2) is 0 Å². The van der Waals surface area contributed by atoms with Crippen molar-refractivity contribution in [2.24, 2.45) is 0 Å². The first-order valence-corrected chi connectivity index (χ1v) is 9.07. The van der Waals surface area contributed by atoms with E-state index in [0.717, 1.165) is 30.8 Å². The molecule has 0 aliphatic carbocycles. The van der Waals surface area contributed by atoms with Crippen LogP contribution in [0.4, 0.5) is 0 Å². The van der Waals surface area contributed by atoms with Crippen LogP contribution in [0.25, 0.3) is 0 Å². The van der Waals surface area contributed by atoms with Crippen molar-refractivity contribution in [3.8, 4) is 0 Å². The molecule has 0 bridgehead atoms. The zero-order valence-electron chi connectivity index (χ0n) is 14.1. The maximum Gasteiger partial charge on any atom is 0.252 e. The fourth-order valence-corrected chi connectivity index (χ4v) is 3.38. The van der Waals surface area contributed by atoms with E-state index in [-0.39, 0.29) is 36.3 Å². The highest BCUT2D eigenvalue weighted by Gasteiger charge is 2.18. The van der Waals surface area contributed by atoms with Crippen molar-refractivity contribution in [1.29, 1.82) is 0 Å². The summed E-state index contributed by atoms with van der Waals surface area (Å²) in [6, 6.07) is 7.82. The van der Waals surface area contributed by atoms with Gasteiger partial charge < -0.3 is 16.0 Å². The van der Waals surface area contributed by atoms with Crippen molar-refractivity contribution < 1.29 is 9.59 Å². The van der Waals surface area contributed by atoms with Crippen LogP contribution in [0.3, 0.4) is 0 Å². The molecule has 2 rings (SSSR count). The summed E-state index contributed by atoms with van der Waals surface area (Å²) in [4.78, 5) is 25.1. The second-order valence-electron chi connectivity index (χ2n) is 6.00. The monoisotopic (exact) mass is 371 g/mol.